The Morgan fingerprint density at radius 3 is 2.47 bits per heavy atom. The zero-order valence-electron chi connectivity index (χ0n) is 37.4. The van der Waals surface area contributed by atoms with Crippen molar-refractivity contribution in [2.24, 2.45) is 23.2 Å². The second kappa shape index (κ2) is 18.3. The third-order valence-corrected chi connectivity index (χ3v) is 14.4. The van der Waals surface area contributed by atoms with E-state index in [1.165, 1.54) is 28.7 Å². The molecular weight excluding hydrogens is 862 g/mol. The van der Waals surface area contributed by atoms with Crippen molar-refractivity contribution in [3.8, 4) is 22.9 Å². The van der Waals surface area contributed by atoms with Crippen molar-refractivity contribution < 1.29 is 43.2 Å². The van der Waals surface area contributed by atoms with Crippen LogP contribution in [-0.2, 0) is 23.9 Å². The maximum Gasteiger partial charge on any atom is 0.408 e. The summed E-state index contributed by atoms with van der Waals surface area (Å²) in [7, 11) is 1.73. The third kappa shape index (κ3) is 9.77. The SMILES string of the molecule is C=C[C@@H]1CC1(NC(=O)[C@@H]1CC(Oc2cc(-c3csc(NC(C)C)n3)nc3c(Cl)c(OCCN4CC[C@@H](OC)C4)ccc23)CN1C(=O)[C@@H](NC(=O)OC1C[C@@H]2C[C@@H]2C1)C(C)(C)C)C(=O)O. The largest absolute Gasteiger partial charge is 0.491 e. The Morgan fingerprint density at radius 2 is 1.81 bits per heavy atom. The number of thiazole rings is 1. The molecule has 8 rings (SSSR count). The monoisotopic (exact) mass is 921 g/mol. The normalized spacial score (nSPS) is 27.8. The van der Waals surface area contributed by atoms with Crippen LogP contribution in [0.25, 0.3) is 22.3 Å². The summed E-state index contributed by atoms with van der Waals surface area (Å²) >= 11 is 8.56. The fourth-order valence-electron chi connectivity index (χ4n) is 9.48. The summed E-state index contributed by atoms with van der Waals surface area (Å²) in [6, 6.07) is 3.30. The summed E-state index contributed by atoms with van der Waals surface area (Å²) in [5.74, 6) is -0.789. The minimum absolute atomic E-state index is 0.0197. The lowest BCUT2D eigenvalue weighted by molar-refractivity contribution is -0.146. The van der Waals surface area contributed by atoms with Gasteiger partial charge in [-0.15, -0.1) is 17.9 Å². The van der Waals surface area contributed by atoms with E-state index in [2.05, 4.69) is 27.4 Å². The van der Waals surface area contributed by atoms with Gasteiger partial charge < -0.3 is 44.9 Å². The van der Waals surface area contributed by atoms with Crippen molar-refractivity contribution in [3.05, 3.63) is 41.3 Å². The molecular formula is C46H60ClN7O9S. The molecule has 16 nitrogen and oxygen atoms in total. The number of carbonyl (C=O) groups excluding carboxylic acids is 3. The number of alkyl carbamates (subject to hydrolysis) is 1. The Balaban J connectivity index is 1.09. The van der Waals surface area contributed by atoms with Crippen molar-refractivity contribution in [3.63, 3.8) is 0 Å². The van der Waals surface area contributed by atoms with Gasteiger partial charge in [0, 0.05) is 62.0 Å². The number of carboxylic acid groups (broad SMARTS) is 1. The minimum atomic E-state index is -1.54. The van der Waals surface area contributed by atoms with Crippen LogP contribution in [0.1, 0.15) is 73.1 Å². The Morgan fingerprint density at radius 1 is 1.05 bits per heavy atom. The van der Waals surface area contributed by atoms with Crippen LogP contribution in [0.4, 0.5) is 9.93 Å². The Labute approximate surface area is 382 Å². The molecule has 9 atom stereocenters. The quantitative estimate of drug-likeness (QED) is 0.109. The number of likely N-dealkylation sites (tertiary alicyclic amines) is 2. The molecule has 64 heavy (non-hydrogen) atoms. The number of fused-ring (bicyclic) bond motifs is 2. The van der Waals surface area contributed by atoms with Gasteiger partial charge in [0.15, 0.2) is 5.13 Å². The molecule has 4 heterocycles. The van der Waals surface area contributed by atoms with Crippen molar-refractivity contribution in [2.45, 2.75) is 115 Å². The van der Waals surface area contributed by atoms with Crippen LogP contribution < -0.4 is 25.4 Å². The lowest BCUT2D eigenvalue weighted by atomic mass is 9.85. The number of nitrogens with one attached hydrogen (secondary N) is 3. The second-order valence-electron chi connectivity index (χ2n) is 19.4. The van der Waals surface area contributed by atoms with Crippen LogP contribution in [0.2, 0.25) is 5.02 Å². The number of hydrogen-bond donors (Lipinski definition) is 4. The number of rotatable bonds is 17. The van der Waals surface area contributed by atoms with Gasteiger partial charge in [0.2, 0.25) is 11.8 Å². The smallest absolute Gasteiger partial charge is 0.408 e. The van der Waals surface area contributed by atoms with Crippen LogP contribution in [0.3, 0.4) is 0 Å². The molecule has 5 aliphatic rings. The number of nitrogens with zero attached hydrogens (tertiary/aromatic N) is 4. The van der Waals surface area contributed by atoms with Gasteiger partial charge in [-0.1, -0.05) is 38.4 Å². The molecule has 4 N–H and O–H groups in total. The van der Waals surface area contributed by atoms with E-state index in [1.54, 1.807) is 19.2 Å². The Hall–Kier alpha value is -4.71. The van der Waals surface area contributed by atoms with Crippen LogP contribution in [0.5, 0.6) is 11.5 Å². The number of hydrogen-bond acceptors (Lipinski definition) is 13. The number of pyridine rings is 1. The van der Waals surface area contributed by atoms with E-state index in [0.717, 1.165) is 32.4 Å². The highest BCUT2D eigenvalue weighted by atomic mass is 35.5. The van der Waals surface area contributed by atoms with Gasteiger partial charge in [0.25, 0.3) is 0 Å². The van der Waals surface area contributed by atoms with Crippen LogP contribution >= 0.6 is 22.9 Å². The Bertz CT molecular complexity index is 2280. The predicted octanol–water partition coefficient (Wildman–Crippen LogP) is 6.36. The molecule has 2 saturated heterocycles. The highest BCUT2D eigenvalue weighted by Gasteiger charge is 2.61. The van der Waals surface area contributed by atoms with Gasteiger partial charge in [-0.25, -0.2) is 19.6 Å². The number of carboxylic acids is 1. The molecule has 5 fully saturated rings. The average molecular weight is 923 g/mol. The summed E-state index contributed by atoms with van der Waals surface area (Å²) in [5, 5.41) is 22.6. The molecule has 2 aliphatic heterocycles. The standard InChI is InChI=1S/C46H60ClN7O9S/c1-8-27-20-46(27,42(57)58)52-40(55)34-18-30(22-54(34)41(56)39(45(4,5)6)51-44(59)63-29-16-25-15-26(25)17-29)62-36-19-32(33-23-64-43(50-33)48-24(2)3)49-38-31(36)9-10-35(37(38)47)61-14-13-53-12-11-28(21-53)60-7/h8-10,19,23-30,34,39H,1,11-18,20-22H2,2-7H3,(H,48,50)(H,51,59)(H,52,55)(H,57,58)/t25-,26+,27-,28-,29?,30?,34+,39-,46?/m1/s1. The highest BCUT2D eigenvalue weighted by Crippen LogP contribution is 2.52. The fraction of sp³-hybridized carbons (Fsp3) is 0.609. The van der Waals surface area contributed by atoms with Crippen LogP contribution in [-0.4, -0.2) is 131 Å². The maximum absolute atomic E-state index is 14.8. The fourth-order valence-corrected chi connectivity index (χ4v) is 10.6. The topological polar surface area (TPSA) is 194 Å². The lowest BCUT2D eigenvalue weighted by Gasteiger charge is -2.35. The van der Waals surface area contributed by atoms with E-state index in [4.69, 9.17) is 40.5 Å². The molecule has 346 valence electrons. The van der Waals surface area contributed by atoms with E-state index < -0.39 is 58.9 Å². The van der Waals surface area contributed by atoms with Crippen molar-refractivity contribution in [2.75, 3.05) is 45.2 Å². The molecule has 0 radical (unpaired) electrons. The molecule has 1 aromatic carbocycles. The third-order valence-electron chi connectivity index (χ3n) is 13.3. The lowest BCUT2D eigenvalue weighted by Crippen LogP contribution is -2.59. The molecule has 18 heteroatoms. The summed E-state index contributed by atoms with van der Waals surface area (Å²) < 4.78 is 24.4. The predicted molar refractivity (Wildman–Crippen MR) is 243 cm³/mol. The molecule has 3 aromatic rings. The van der Waals surface area contributed by atoms with E-state index >= 15 is 0 Å². The molecule has 0 spiro atoms. The second-order valence-corrected chi connectivity index (χ2v) is 20.6. The number of ether oxygens (including phenoxy) is 4. The maximum atomic E-state index is 14.8. The number of aromatic nitrogens is 2. The number of anilines is 1. The number of methoxy groups -OCH3 is 1. The molecule has 3 amide bonds. The van der Waals surface area contributed by atoms with Gasteiger partial charge in [-0.3, -0.25) is 14.5 Å². The van der Waals surface area contributed by atoms with Crippen molar-refractivity contribution >= 4 is 62.8 Å². The summed E-state index contributed by atoms with van der Waals surface area (Å²) in [6.45, 7) is 16.1. The van der Waals surface area contributed by atoms with Gasteiger partial charge in [0.1, 0.15) is 58.7 Å². The first-order valence-electron chi connectivity index (χ1n) is 22.3. The molecule has 2 aromatic heterocycles. The zero-order valence-corrected chi connectivity index (χ0v) is 38.9. The van der Waals surface area contributed by atoms with Gasteiger partial charge >= 0.3 is 12.1 Å². The first-order chi connectivity index (χ1) is 30.5. The Kier molecular flexibility index (Phi) is 13.1. The average Bonchev–Trinajstić information content (AvgIpc) is 3.72. The first-order valence-corrected chi connectivity index (χ1v) is 23.6. The minimum Gasteiger partial charge on any atom is -0.491 e. The van der Waals surface area contributed by atoms with E-state index in [1.807, 2.05) is 46.1 Å². The van der Waals surface area contributed by atoms with Gasteiger partial charge in [-0.05, 0) is 75.3 Å². The van der Waals surface area contributed by atoms with E-state index in [9.17, 15) is 24.3 Å². The number of aliphatic carboxylic acids is 1. The number of halogens is 1. The van der Waals surface area contributed by atoms with Gasteiger partial charge in [0.05, 0.1) is 23.9 Å². The number of amides is 3. The molecule has 3 saturated carbocycles. The zero-order chi connectivity index (χ0) is 45.7. The van der Waals surface area contributed by atoms with Gasteiger partial charge in [-0.2, -0.15) is 0 Å². The highest BCUT2D eigenvalue weighted by molar-refractivity contribution is 7.14. The molecule has 3 aliphatic carbocycles. The van der Waals surface area contributed by atoms with Crippen LogP contribution in [0.15, 0.2) is 36.2 Å². The number of benzene rings is 1. The summed E-state index contributed by atoms with van der Waals surface area (Å²) in [4.78, 5) is 68.4. The number of carbonyl (C=O) groups is 4. The van der Waals surface area contributed by atoms with Crippen molar-refractivity contribution in [1.29, 1.82) is 0 Å². The van der Waals surface area contributed by atoms with Crippen molar-refractivity contribution in [1.82, 2.24) is 30.4 Å². The van der Waals surface area contributed by atoms with Crippen LogP contribution in [0, 0.1) is 23.2 Å². The molecule has 0 bridgehead atoms. The summed E-state index contributed by atoms with van der Waals surface area (Å²) in [6.07, 6.45) is 4.02. The summed E-state index contributed by atoms with van der Waals surface area (Å²) in [5.41, 5.74) is -0.845. The van der Waals surface area contributed by atoms with E-state index in [-0.39, 0.29) is 42.7 Å². The van der Waals surface area contributed by atoms with E-state index in [0.29, 0.717) is 63.9 Å². The first kappa shape index (κ1) is 45.8. The molecule has 3 unspecified atom stereocenters.